The lowest BCUT2D eigenvalue weighted by Gasteiger charge is -2.17. The molecule has 2 saturated carbocycles. The summed E-state index contributed by atoms with van der Waals surface area (Å²) in [7, 11) is 1.74. The molecule has 0 amide bonds. The Bertz CT molecular complexity index is 435. The molecule has 0 spiro atoms. The number of hydrogen-bond acceptors (Lipinski definition) is 2. The summed E-state index contributed by atoms with van der Waals surface area (Å²) in [4.78, 5) is 0. The summed E-state index contributed by atoms with van der Waals surface area (Å²) in [5.74, 6) is 3.58. The number of ether oxygens (including phenoxy) is 1. The van der Waals surface area contributed by atoms with Crippen LogP contribution < -0.4 is 10.5 Å². The number of benzene rings is 1. The van der Waals surface area contributed by atoms with Crippen LogP contribution in [0.25, 0.3) is 0 Å². The third-order valence-corrected chi connectivity index (χ3v) is 4.96. The largest absolute Gasteiger partial charge is 0.496 e. The van der Waals surface area contributed by atoms with E-state index in [0.29, 0.717) is 0 Å². The Labute approximate surface area is 110 Å². The zero-order valence-electron chi connectivity index (χ0n) is 11.6. The molecule has 0 radical (unpaired) electrons. The predicted octanol–water partition coefficient (Wildman–Crippen LogP) is 3.36. The molecule has 3 rings (SSSR count). The van der Waals surface area contributed by atoms with E-state index in [9.17, 15) is 0 Å². The van der Waals surface area contributed by atoms with Crippen molar-refractivity contribution in [3.05, 3.63) is 28.8 Å². The summed E-state index contributed by atoms with van der Waals surface area (Å²) in [6, 6.07) is 4.65. The summed E-state index contributed by atoms with van der Waals surface area (Å²) in [5.41, 5.74) is 10.2. The van der Waals surface area contributed by atoms with E-state index in [1.54, 1.807) is 7.11 Å². The second kappa shape index (κ2) is 4.27. The molecule has 2 nitrogen and oxygen atoms in total. The van der Waals surface area contributed by atoms with Crippen LogP contribution in [0.3, 0.4) is 0 Å². The van der Waals surface area contributed by atoms with Crippen molar-refractivity contribution in [2.24, 2.45) is 23.5 Å². The lowest BCUT2D eigenvalue weighted by Crippen LogP contribution is -2.16. The third-order valence-electron chi connectivity index (χ3n) is 4.96. The van der Waals surface area contributed by atoms with Crippen molar-refractivity contribution in [3.63, 3.8) is 0 Å². The lowest BCUT2D eigenvalue weighted by atomic mass is 9.94. The molecule has 3 atom stereocenters. The monoisotopic (exact) mass is 245 g/mol. The van der Waals surface area contributed by atoms with Gasteiger partial charge in [0.1, 0.15) is 5.75 Å². The molecular formula is C16H23NO. The molecule has 2 aliphatic carbocycles. The fraction of sp³-hybridized carbons (Fsp3) is 0.625. The van der Waals surface area contributed by atoms with Crippen LogP contribution in [-0.2, 0) is 0 Å². The Morgan fingerprint density at radius 3 is 2.22 bits per heavy atom. The summed E-state index contributed by atoms with van der Waals surface area (Å²) in [6.45, 7) is 4.21. The van der Waals surface area contributed by atoms with Gasteiger partial charge in [0, 0.05) is 6.04 Å². The normalized spacial score (nSPS) is 31.0. The van der Waals surface area contributed by atoms with Gasteiger partial charge in [-0.15, -0.1) is 0 Å². The molecule has 0 saturated heterocycles. The van der Waals surface area contributed by atoms with Gasteiger partial charge < -0.3 is 10.5 Å². The van der Waals surface area contributed by atoms with Gasteiger partial charge in [-0.05, 0) is 61.1 Å². The standard InChI is InChI=1S/C16H23NO/c1-9-7-11(8-10(2)16(9)18-3)15(17)14-12-5-4-6-13(12)14/h7-8,12-15H,4-6,17H2,1-3H3. The van der Waals surface area contributed by atoms with E-state index >= 15 is 0 Å². The van der Waals surface area contributed by atoms with E-state index in [1.807, 2.05) is 0 Å². The fourth-order valence-corrected chi connectivity index (χ4v) is 4.13. The highest BCUT2D eigenvalue weighted by Crippen LogP contribution is 2.61. The summed E-state index contributed by atoms with van der Waals surface area (Å²) < 4.78 is 5.42. The smallest absolute Gasteiger partial charge is 0.124 e. The first-order chi connectivity index (χ1) is 8.63. The first-order valence-electron chi connectivity index (χ1n) is 7.04. The van der Waals surface area contributed by atoms with Gasteiger partial charge >= 0.3 is 0 Å². The summed E-state index contributed by atoms with van der Waals surface area (Å²) >= 11 is 0. The minimum atomic E-state index is 0.226. The maximum Gasteiger partial charge on any atom is 0.124 e. The van der Waals surface area contributed by atoms with Crippen molar-refractivity contribution < 1.29 is 4.74 Å². The van der Waals surface area contributed by atoms with Crippen molar-refractivity contribution in [2.75, 3.05) is 7.11 Å². The highest BCUT2D eigenvalue weighted by molar-refractivity contribution is 5.44. The second-order valence-electron chi connectivity index (χ2n) is 6.05. The van der Waals surface area contributed by atoms with Crippen LogP contribution in [-0.4, -0.2) is 7.11 Å². The summed E-state index contributed by atoms with van der Waals surface area (Å²) in [6.07, 6.45) is 4.22. The van der Waals surface area contributed by atoms with Gasteiger partial charge in [0.2, 0.25) is 0 Å². The zero-order chi connectivity index (χ0) is 12.9. The molecule has 3 unspecified atom stereocenters. The van der Waals surface area contributed by atoms with E-state index in [1.165, 1.54) is 36.0 Å². The number of hydrogen-bond donors (Lipinski definition) is 1. The van der Waals surface area contributed by atoms with Gasteiger partial charge in [0.25, 0.3) is 0 Å². The maximum absolute atomic E-state index is 6.48. The van der Waals surface area contributed by atoms with Crippen LogP contribution in [0.5, 0.6) is 5.75 Å². The van der Waals surface area contributed by atoms with Gasteiger partial charge in [-0.2, -0.15) is 0 Å². The van der Waals surface area contributed by atoms with Gasteiger partial charge in [0.15, 0.2) is 0 Å². The van der Waals surface area contributed by atoms with Crippen LogP contribution in [0, 0.1) is 31.6 Å². The molecule has 18 heavy (non-hydrogen) atoms. The molecule has 2 N–H and O–H groups in total. The van der Waals surface area contributed by atoms with Crippen molar-refractivity contribution >= 4 is 0 Å². The Balaban J connectivity index is 1.84. The molecule has 1 aromatic carbocycles. The SMILES string of the molecule is COc1c(C)cc(C(N)C2C3CCCC32)cc1C. The number of rotatable bonds is 3. The number of methoxy groups -OCH3 is 1. The van der Waals surface area contributed by atoms with Crippen LogP contribution in [0.4, 0.5) is 0 Å². The number of fused-ring (bicyclic) bond motifs is 1. The first-order valence-corrected chi connectivity index (χ1v) is 7.04. The molecule has 98 valence electrons. The molecule has 0 heterocycles. The van der Waals surface area contributed by atoms with Crippen LogP contribution in [0.2, 0.25) is 0 Å². The average Bonchev–Trinajstić information content (AvgIpc) is 2.80. The van der Waals surface area contributed by atoms with E-state index in [-0.39, 0.29) is 6.04 Å². The van der Waals surface area contributed by atoms with Crippen molar-refractivity contribution in [2.45, 2.75) is 39.2 Å². The predicted molar refractivity (Wildman–Crippen MR) is 73.7 cm³/mol. The molecule has 2 fully saturated rings. The molecular weight excluding hydrogens is 222 g/mol. The Morgan fingerprint density at radius 2 is 1.72 bits per heavy atom. The highest BCUT2D eigenvalue weighted by atomic mass is 16.5. The van der Waals surface area contributed by atoms with Crippen LogP contribution in [0.15, 0.2) is 12.1 Å². The van der Waals surface area contributed by atoms with E-state index in [4.69, 9.17) is 10.5 Å². The van der Waals surface area contributed by atoms with Gasteiger partial charge in [0.05, 0.1) is 7.11 Å². The molecule has 2 heteroatoms. The van der Waals surface area contributed by atoms with Gasteiger partial charge in [-0.1, -0.05) is 18.6 Å². The summed E-state index contributed by atoms with van der Waals surface area (Å²) in [5, 5.41) is 0. The Kier molecular flexibility index (Phi) is 2.86. The number of nitrogens with two attached hydrogens (primary N) is 1. The molecule has 1 aromatic rings. The van der Waals surface area contributed by atoms with Crippen molar-refractivity contribution in [1.82, 2.24) is 0 Å². The maximum atomic E-state index is 6.48. The van der Waals surface area contributed by atoms with Crippen LogP contribution >= 0.6 is 0 Å². The minimum Gasteiger partial charge on any atom is -0.496 e. The first kappa shape index (κ1) is 12.0. The third kappa shape index (κ3) is 1.74. The molecule has 0 bridgehead atoms. The van der Waals surface area contributed by atoms with E-state index in [2.05, 4.69) is 26.0 Å². The minimum absolute atomic E-state index is 0.226. The Hall–Kier alpha value is -1.02. The van der Waals surface area contributed by atoms with Gasteiger partial charge in [-0.25, -0.2) is 0 Å². The zero-order valence-corrected chi connectivity index (χ0v) is 11.6. The quantitative estimate of drug-likeness (QED) is 0.886. The van der Waals surface area contributed by atoms with E-state index < -0.39 is 0 Å². The lowest BCUT2D eigenvalue weighted by molar-refractivity contribution is 0.407. The highest BCUT2D eigenvalue weighted by Gasteiger charge is 2.55. The van der Waals surface area contributed by atoms with Crippen LogP contribution in [0.1, 0.15) is 42.0 Å². The van der Waals surface area contributed by atoms with Gasteiger partial charge in [-0.3, -0.25) is 0 Å². The van der Waals surface area contributed by atoms with Crippen molar-refractivity contribution in [1.29, 1.82) is 0 Å². The van der Waals surface area contributed by atoms with Crippen molar-refractivity contribution in [3.8, 4) is 5.75 Å². The van der Waals surface area contributed by atoms with E-state index in [0.717, 1.165) is 23.5 Å². The fourth-order valence-electron chi connectivity index (χ4n) is 4.13. The molecule has 2 aliphatic rings. The topological polar surface area (TPSA) is 35.2 Å². The Morgan fingerprint density at radius 1 is 1.17 bits per heavy atom. The number of aryl methyl sites for hydroxylation is 2. The molecule has 0 aromatic heterocycles. The molecule has 0 aliphatic heterocycles. The second-order valence-corrected chi connectivity index (χ2v) is 6.05. The average molecular weight is 245 g/mol.